The van der Waals surface area contributed by atoms with Crippen LogP contribution in [0.1, 0.15) is 4.88 Å². The van der Waals surface area contributed by atoms with Crippen LogP contribution >= 0.6 is 23.1 Å². The molecule has 0 spiro atoms. The molecule has 1 atom stereocenters. The highest BCUT2D eigenvalue weighted by atomic mass is 32.2. The third-order valence-corrected chi connectivity index (χ3v) is 3.56. The van der Waals surface area contributed by atoms with Crippen molar-refractivity contribution < 1.29 is 9.53 Å². The van der Waals surface area contributed by atoms with Crippen molar-refractivity contribution >= 4 is 29.1 Å². The van der Waals surface area contributed by atoms with Crippen molar-refractivity contribution in [2.24, 2.45) is 5.92 Å². The minimum absolute atomic E-state index is 0.00588. The van der Waals surface area contributed by atoms with Gasteiger partial charge in [0.15, 0.2) is 0 Å². The lowest BCUT2D eigenvalue weighted by molar-refractivity contribution is -0.144. The molecule has 0 radical (unpaired) electrons. The van der Waals surface area contributed by atoms with Crippen molar-refractivity contribution in [3.63, 3.8) is 0 Å². The predicted molar refractivity (Wildman–Crippen MR) is 61.9 cm³/mol. The second-order valence-corrected chi connectivity index (χ2v) is 4.90. The van der Waals surface area contributed by atoms with Gasteiger partial charge in [-0.3, -0.25) is 4.79 Å². The zero-order chi connectivity index (χ0) is 10.4. The number of thioether (sulfide) groups is 1. The van der Waals surface area contributed by atoms with E-state index in [1.807, 2.05) is 17.7 Å². The van der Waals surface area contributed by atoms with Gasteiger partial charge in [-0.1, -0.05) is 6.07 Å². The lowest BCUT2D eigenvalue weighted by Gasteiger charge is -2.11. The maximum atomic E-state index is 11.4. The Hall–Kier alpha value is -0.480. The molecule has 0 fully saturated rings. The number of hydrogen-bond acceptors (Lipinski definition) is 4. The Kier molecular flexibility index (Phi) is 5.04. The first-order valence-corrected chi connectivity index (χ1v) is 6.64. The Balaban J connectivity index is 2.55. The largest absolute Gasteiger partial charge is 0.469 e. The zero-order valence-electron chi connectivity index (χ0n) is 8.36. The van der Waals surface area contributed by atoms with E-state index in [1.165, 1.54) is 12.0 Å². The summed E-state index contributed by atoms with van der Waals surface area (Å²) in [4.78, 5) is 12.6. The third kappa shape index (κ3) is 3.35. The van der Waals surface area contributed by atoms with Gasteiger partial charge < -0.3 is 4.74 Å². The summed E-state index contributed by atoms with van der Waals surface area (Å²) in [6.45, 7) is 0. The Morgan fingerprint density at radius 3 is 3.00 bits per heavy atom. The van der Waals surface area contributed by atoms with Crippen LogP contribution in [0.4, 0.5) is 0 Å². The molecule has 0 bridgehead atoms. The Morgan fingerprint density at radius 2 is 2.50 bits per heavy atom. The van der Waals surface area contributed by atoms with E-state index >= 15 is 0 Å². The SMILES string of the molecule is COC(=O)C(CSC)Cc1cccs1. The fraction of sp³-hybridized carbons (Fsp3) is 0.500. The van der Waals surface area contributed by atoms with Gasteiger partial charge in [-0.15, -0.1) is 11.3 Å². The van der Waals surface area contributed by atoms with Crippen LogP contribution in [0, 0.1) is 5.92 Å². The first-order valence-electron chi connectivity index (χ1n) is 4.37. The van der Waals surface area contributed by atoms with Crippen molar-refractivity contribution in [3.8, 4) is 0 Å². The second kappa shape index (κ2) is 6.09. The molecule has 2 nitrogen and oxygen atoms in total. The van der Waals surface area contributed by atoms with Crippen molar-refractivity contribution in [2.75, 3.05) is 19.1 Å². The van der Waals surface area contributed by atoms with Gasteiger partial charge in [0.1, 0.15) is 0 Å². The molecule has 0 N–H and O–H groups in total. The van der Waals surface area contributed by atoms with Crippen molar-refractivity contribution in [1.82, 2.24) is 0 Å². The predicted octanol–water partition coefficient (Wildman–Crippen LogP) is 2.44. The summed E-state index contributed by atoms with van der Waals surface area (Å²) in [5.41, 5.74) is 0. The summed E-state index contributed by atoms with van der Waals surface area (Å²) in [5, 5.41) is 2.03. The van der Waals surface area contributed by atoms with Crippen molar-refractivity contribution in [3.05, 3.63) is 22.4 Å². The summed E-state index contributed by atoms with van der Waals surface area (Å²) >= 11 is 3.37. The summed E-state index contributed by atoms with van der Waals surface area (Å²) in [6.07, 6.45) is 2.80. The number of rotatable bonds is 5. The van der Waals surface area contributed by atoms with E-state index in [1.54, 1.807) is 23.1 Å². The van der Waals surface area contributed by atoms with Gasteiger partial charge in [-0.2, -0.15) is 11.8 Å². The molecule has 0 aromatic carbocycles. The van der Waals surface area contributed by atoms with Crippen LogP contribution in [0.15, 0.2) is 17.5 Å². The maximum Gasteiger partial charge on any atom is 0.309 e. The highest BCUT2D eigenvalue weighted by molar-refractivity contribution is 7.98. The first-order chi connectivity index (χ1) is 6.77. The Bertz CT molecular complexity index is 270. The highest BCUT2D eigenvalue weighted by Crippen LogP contribution is 2.18. The standard InChI is InChI=1S/C10H14O2S2/c1-12-10(11)8(7-13-2)6-9-4-3-5-14-9/h3-5,8H,6-7H2,1-2H3. The summed E-state index contributed by atoms with van der Waals surface area (Å²) in [6, 6.07) is 4.06. The van der Waals surface area contributed by atoms with E-state index in [0.29, 0.717) is 0 Å². The molecule has 1 aromatic rings. The molecule has 0 saturated carbocycles. The van der Waals surface area contributed by atoms with E-state index in [4.69, 9.17) is 4.74 Å². The molecule has 78 valence electrons. The summed E-state index contributed by atoms with van der Waals surface area (Å²) < 4.78 is 4.77. The zero-order valence-corrected chi connectivity index (χ0v) is 9.99. The van der Waals surface area contributed by atoms with Crippen LogP contribution in [0.2, 0.25) is 0 Å². The number of ether oxygens (including phenoxy) is 1. The van der Waals surface area contributed by atoms with Gasteiger partial charge in [0, 0.05) is 10.6 Å². The van der Waals surface area contributed by atoms with E-state index in [0.717, 1.165) is 12.2 Å². The van der Waals surface area contributed by atoms with Gasteiger partial charge in [0.2, 0.25) is 0 Å². The lowest BCUT2D eigenvalue weighted by atomic mass is 10.1. The highest BCUT2D eigenvalue weighted by Gasteiger charge is 2.19. The molecule has 0 saturated heterocycles. The number of hydrogen-bond donors (Lipinski definition) is 0. The molecular weight excluding hydrogens is 216 g/mol. The van der Waals surface area contributed by atoms with Crippen LogP contribution in [0.3, 0.4) is 0 Å². The molecule has 0 aliphatic rings. The van der Waals surface area contributed by atoms with Crippen LogP contribution in [0.25, 0.3) is 0 Å². The topological polar surface area (TPSA) is 26.3 Å². The van der Waals surface area contributed by atoms with Crippen molar-refractivity contribution in [1.29, 1.82) is 0 Å². The molecule has 4 heteroatoms. The smallest absolute Gasteiger partial charge is 0.309 e. The van der Waals surface area contributed by atoms with E-state index in [9.17, 15) is 4.79 Å². The van der Waals surface area contributed by atoms with Gasteiger partial charge in [0.05, 0.1) is 13.0 Å². The number of methoxy groups -OCH3 is 1. The van der Waals surface area contributed by atoms with Crippen LogP contribution < -0.4 is 0 Å². The minimum atomic E-state index is -0.104. The van der Waals surface area contributed by atoms with Crippen LogP contribution in [-0.4, -0.2) is 25.1 Å². The molecule has 1 rings (SSSR count). The molecule has 1 heterocycles. The molecule has 0 aliphatic heterocycles. The summed E-state index contributed by atoms with van der Waals surface area (Å²) in [7, 11) is 1.45. The third-order valence-electron chi connectivity index (χ3n) is 1.93. The minimum Gasteiger partial charge on any atom is -0.469 e. The average Bonchev–Trinajstić information content (AvgIpc) is 2.68. The van der Waals surface area contributed by atoms with Crippen LogP contribution in [-0.2, 0) is 16.0 Å². The summed E-state index contributed by atoms with van der Waals surface area (Å²) in [5.74, 6) is 0.714. The van der Waals surface area contributed by atoms with E-state index in [2.05, 4.69) is 6.07 Å². The molecular formula is C10H14O2S2. The van der Waals surface area contributed by atoms with Gasteiger partial charge in [0.25, 0.3) is 0 Å². The molecule has 1 aromatic heterocycles. The quantitative estimate of drug-likeness (QED) is 0.727. The molecule has 0 aliphatic carbocycles. The van der Waals surface area contributed by atoms with E-state index in [-0.39, 0.29) is 11.9 Å². The normalized spacial score (nSPS) is 12.4. The second-order valence-electron chi connectivity index (χ2n) is 2.96. The fourth-order valence-electron chi connectivity index (χ4n) is 1.25. The van der Waals surface area contributed by atoms with Gasteiger partial charge >= 0.3 is 5.97 Å². The average molecular weight is 230 g/mol. The lowest BCUT2D eigenvalue weighted by Crippen LogP contribution is -2.20. The fourth-order valence-corrected chi connectivity index (χ4v) is 2.69. The van der Waals surface area contributed by atoms with Gasteiger partial charge in [-0.05, 0) is 24.1 Å². The molecule has 0 amide bonds. The molecule has 1 unspecified atom stereocenters. The number of carbonyl (C=O) groups excluding carboxylic acids is 1. The van der Waals surface area contributed by atoms with Gasteiger partial charge in [-0.25, -0.2) is 0 Å². The van der Waals surface area contributed by atoms with Crippen molar-refractivity contribution in [2.45, 2.75) is 6.42 Å². The number of carbonyl (C=O) groups is 1. The number of esters is 1. The Morgan fingerprint density at radius 1 is 1.71 bits per heavy atom. The Labute approximate surface area is 92.7 Å². The number of thiophene rings is 1. The van der Waals surface area contributed by atoms with E-state index < -0.39 is 0 Å². The monoisotopic (exact) mass is 230 g/mol. The van der Waals surface area contributed by atoms with Crippen LogP contribution in [0.5, 0.6) is 0 Å². The maximum absolute atomic E-state index is 11.4. The molecule has 14 heavy (non-hydrogen) atoms. The first kappa shape index (κ1) is 11.6.